The number of rotatable bonds is 16. The standard InChI is InChI=1S/C29H41N5O7/c1-17(2)25(34-26(37)22(31)5-3-4-14-30)28(39)32-23(15-18-6-10-20(35)11-7-18)27(38)33-24(29(40)41)16-19-8-12-21(36)13-9-19/h6-13,17,22-25,35-36H,3-5,14-16,30-31H2,1-2H3,(H,32,39)(H,33,38)(H,34,37)(H,40,41). The summed E-state index contributed by atoms with van der Waals surface area (Å²) in [5.41, 5.74) is 12.6. The topological polar surface area (TPSA) is 217 Å². The van der Waals surface area contributed by atoms with Crippen molar-refractivity contribution < 1.29 is 34.5 Å². The van der Waals surface area contributed by atoms with Gasteiger partial charge in [-0.3, -0.25) is 14.4 Å². The molecule has 2 aromatic rings. The number of aliphatic carboxylic acids is 1. The maximum atomic E-state index is 13.4. The van der Waals surface area contributed by atoms with Crippen molar-refractivity contribution >= 4 is 23.7 Å². The van der Waals surface area contributed by atoms with Gasteiger partial charge in [0.1, 0.15) is 29.6 Å². The van der Waals surface area contributed by atoms with Crippen LogP contribution in [0.4, 0.5) is 0 Å². The molecule has 10 N–H and O–H groups in total. The van der Waals surface area contributed by atoms with Gasteiger partial charge in [0.2, 0.25) is 17.7 Å². The minimum absolute atomic E-state index is 0.0131. The Morgan fingerprint density at radius 3 is 1.68 bits per heavy atom. The molecule has 3 amide bonds. The molecule has 224 valence electrons. The zero-order chi connectivity index (χ0) is 30.5. The Bertz CT molecular complexity index is 1160. The van der Waals surface area contributed by atoms with Crippen molar-refractivity contribution in [2.24, 2.45) is 17.4 Å². The highest BCUT2D eigenvalue weighted by Crippen LogP contribution is 2.14. The van der Waals surface area contributed by atoms with Crippen LogP contribution in [-0.4, -0.2) is 69.7 Å². The summed E-state index contributed by atoms with van der Waals surface area (Å²) in [4.78, 5) is 51.4. The highest BCUT2D eigenvalue weighted by atomic mass is 16.4. The zero-order valence-corrected chi connectivity index (χ0v) is 23.4. The summed E-state index contributed by atoms with van der Waals surface area (Å²) in [6, 6.07) is 7.57. The van der Waals surface area contributed by atoms with Gasteiger partial charge in [-0.1, -0.05) is 44.5 Å². The van der Waals surface area contributed by atoms with Crippen LogP contribution >= 0.6 is 0 Å². The molecule has 0 heterocycles. The van der Waals surface area contributed by atoms with Crippen molar-refractivity contribution in [1.29, 1.82) is 0 Å². The maximum absolute atomic E-state index is 13.4. The molecule has 0 aliphatic rings. The molecule has 0 aliphatic carbocycles. The van der Waals surface area contributed by atoms with Crippen LogP contribution in [0.15, 0.2) is 48.5 Å². The lowest BCUT2D eigenvalue weighted by atomic mass is 9.99. The van der Waals surface area contributed by atoms with Crippen LogP contribution in [0, 0.1) is 5.92 Å². The number of carboxylic acids is 1. The molecule has 0 spiro atoms. The fourth-order valence-electron chi connectivity index (χ4n) is 4.11. The number of aromatic hydroxyl groups is 2. The van der Waals surface area contributed by atoms with Crippen LogP contribution in [0.25, 0.3) is 0 Å². The van der Waals surface area contributed by atoms with E-state index in [2.05, 4.69) is 16.0 Å². The number of carbonyl (C=O) groups excluding carboxylic acids is 3. The number of benzene rings is 2. The van der Waals surface area contributed by atoms with Crippen molar-refractivity contribution in [2.75, 3.05) is 6.54 Å². The second kappa shape index (κ2) is 16.2. The van der Waals surface area contributed by atoms with Crippen LogP contribution in [-0.2, 0) is 32.0 Å². The first-order valence-corrected chi connectivity index (χ1v) is 13.6. The normalized spacial score (nSPS) is 14.0. The van der Waals surface area contributed by atoms with Gasteiger partial charge in [-0.25, -0.2) is 4.79 Å². The average Bonchev–Trinajstić information content (AvgIpc) is 2.92. The smallest absolute Gasteiger partial charge is 0.326 e. The third-order valence-corrected chi connectivity index (χ3v) is 6.55. The van der Waals surface area contributed by atoms with E-state index in [4.69, 9.17) is 11.5 Å². The van der Waals surface area contributed by atoms with Crippen LogP contribution in [0.3, 0.4) is 0 Å². The molecule has 0 aliphatic heterocycles. The van der Waals surface area contributed by atoms with Gasteiger partial charge in [0, 0.05) is 12.8 Å². The molecular weight excluding hydrogens is 530 g/mol. The molecule has 0 bridgehead atoms. The monoisotopic (exact) mass is 571 g/mol. The third-order valence-electron chi connectivity index (χ3n) is 6.55. The van der Waals surface area contributed by atoms with Crippen LogP contribution in [0.2, 0.25) is 0 Å². The summed E-state index contributed by atoms with van der Waals surface area (Å²) in [7, 11) is 0. The number of carboxylic acid groups (broad SMARTS) is 1. The predicted molar refractivity (Wildman–Crippen MR) is 153 cm³/mol. The minimum Gasteiger partial charge on any atom is -0.508 e. The summed E-state index contributed by atoms with van der Waals surface area (Å²) in [5, 5.41) is 36.7. The van der Waals surface area contributed by atoms with E-state index in [-0.39, 0.29) is 30.3 Å². The molecule has 0 fully saturated rings. The number of nitrogens with one attached hydrogen (secondary N) is 3. The lowest BCUT2D eigenvalue weighted by Crippen LogP contribution is -2.59. The van der Waals surface area contributed by atoms with Gasteiger partial charge in [0.25, 0.3) is 0 Å². The maximum Gasteiger partial charge on any atom is 0.326 e. The highest BCUT2D eigenvalue weighted by Gasteiger charge is 2.32. The van der Waals surface area contributed by atoms with E-state index in [0.29, 0.717) is 36.9 Å². The fraction of sp³-hybridized carbons (Fsp3) is 0.448. The van der Waals surface area contributed by atoms with E-state index < -0.39 is 47.9 Å². The van der Waals surface area contributed by atoms with E-state index in [9.17, 15) is 34.5 Å². The predicted octanol–water partition coefficient (Wildman–Crippen LogP) is 0.534. The van der Waals surface area contributed by atoms with Crippen molar-refractivity contribution in [3.05, 3.63) is 59.7 Å². The molecule has 41 heavy (non-hydrogen) atoms. The van der Waals surface area contributed by atoms with Gasteiger partial charge in [-0.05, 0) is 60.7 Å². The first-order valence-electron chi connectivity index (χ1n) is 13.6. The summed E-state index contributed by atoms with van der Waals surface area (Å²) in [5.74, 6) is -3.48. The molecule has 0 saturated heterocycles. The quantitative estimate of drug-likeness (QED) is 0.132. The number of unbranched alkanes of at least 4 members (excludes halogenated alkanes) is 1. The first kappa shape index (κ1) is 33.0. The number of phenolic OH excluding ortho intramolecular Hbond substituents is 2. The lowest BCUT2D eigenvalue weighted by Gasteiger charge is -2.27. The largest absolute Gasteiger partial charge is 0.508 e. The molecule has 2 rings (SSSR count). The molecule has 4 atom stereocenters. The molecule has 4 unspecified atom stereocenters. The molecule has 0 radical (unpaired) electrons. The number of nitrogens with two attached hydrogens (primary N) is 2. The number of phenols is 2. The molecule has 0 aromatic heterocycles. The number of hydrogen-bond donors (Lipinski definition) is 8. The second-order valence-corrected chi connectivity index (χ2v) is 10.3. The molecule has 12 nitrogen and oxygen atoms in total. The minimum atomic E-state index is -1.32. The third kappa shape index (κ3) is 11.1. The number of carbonyl (C=O) groups is 4. The van der Waals surface area contributed by atoms with E-state index in [1.165, 1.54) is 24.3 Å². The summed E-state index contributed by atoms with van der Waals surface area (Å²) >= 11 is 0. The SMILES string of the molecule is CC(C)C(NC(=O)C(N)CCCCN)C(=O)NC(Cc1ccc(O)cc1)C(=O)NC(Cc1ccc(O)cc1)C(=O)O. The Morgan fingerprint density at radius 2 is 1.22 bits per heavy atom. The van der Waals surface area contributed by atoms with Crippen LogP contribution < -0.4 is 27.4 Å². The van der Waals surface area contributed by atoms with Gasteiger partial charge in [0.15, 0.2) is 0 Å². The summed E-state index contributed by atoms with van der Waals surface area (Å²) in [6.07, 6.45) is 1.70. The zero-order valence-electron chi connectivity index (χ0n) is 23.4. The Morgan fingerprint density at radius 1 is 0.732 bits per heavy atom. The molecule has 2 aromatic carbocycles. The van der Waals surface area contributed by atoms with Crippen molar-refractivity contribution in [3.63, 3.8) is 0 Å². The summed E-state index contributed by atoms with van der Waals surface area (Å²) in [6.45, 7) is 3.95. The lowest BCUT2D eigenvalue weighted by molar-refractivity contribution is -0.142. The van der Waals surface area contributed by atoms with Crippen molar-refractivity contribution in [1.82, 2.24) is 16.0 Å². The van der Waals surface area contributed by atoms with E-state index >= 15 is 0 Å². The van der Waals surface area contributed by atoms with Gasteiger partial charge in [-0.15, -0.1) is 0 Å². The van der Waals surface area contributed by atoms with E-state index in [0.717, 1.165) is 0 Å². The Labute approximate surface area is 239 Å². The van der Waals surface area contributed by atoms with E-state index in [1.807, 2.05) is 0 Å². The second-order valence-electron chi connectivity index (χ2n) is 10.3. The Hall–Kier alpha value is -4.16. The Kier molecular flexibility index (Phi) is 13.0. The van der Waals surface area contributed by atoms with E-state index in [1.54, 1.807) is 38.1 Å². The number of hydrogen-bond acceptors (Lipinski definition) is 8. The van der Waals surface area contributed by atoms with Gasteiger partial charge < -0.3 is 42.7 Å². The summed E-state index contributed by atoms with van der Waals surface area (Å²) < 4.78 is 0. The van der Waals surface area contributed by atoms with Crippen molar-refractivity contribution in [2.45, 2.75) is 70.1 Å². The van der Waals surface area contributed by atoms with Gasteiger partial charge in [0.05, 0.1) is 6.04 Å². The van der Waals surface area contributed by atoms with Gasteiger partial charge >= 0.3 is 5.97 Å². The van der Waals surface area contributed by atoms with Crippen LogP contribution in [0.5, 0.6) is 11.5 Å². The molecular formula is C29H41N5O7. The fourth-order valence-corrected chi connectivity index (χ4v) is 4.11. The van der Waals surface area contributed by atoms with Crippen LogP contribution in [0.1, 0.15) is 44.2 Å². The average molecular weight is 572 g/mol. The van der Waals surface area contributed by atoms with Crippen molar-refractivity contribution in [3.8, 4) is 11.5 Å². The number of amides is 3. The first-order chi connectivity index (χ1) is 19.4. The molecule has 0 saturated carbocycles. The highest BCUT2D eigenvalue weighted by molar-refractivity contribution is 5.94. The molecule has 12 heteroatoms. The van der Waals surface area contributed by atoms with Gasteiger partial charge in [-0.2, -0.15) is 0 Å². The Balaban J connectivity index is 2.22.